The highest BCUT2D eigenvalue weighted by molar-refractivity contribution is 5.99. The van der Waals surface area contributed by atoms with Gasteiger partial charge in [0, 0.05) is 28.7 Å². The number of fused-ring (bicyclic) bond motifs is 1. The number of carbonyl (C=O) groups is 1. The van der Waals surface area contributed by atoms with E-state index in [9.17, 15) is 4.79 Å². The van der Waals surface area contributed by atoms with E-state index in [0.29, 0.717) is 0 Å². The predicted octanol–water partition coefficient (Wildman–Crippen LogP) is 3.17. The molecule has 0 saturated carbocycles. The third-order valence-corrected chi connectivity index (χ3v) is 2.84. The molecule has 0 spiro atoms. The summed E-state index contributed by atoms with van der Waals surface area (Å²) in [5.41, 5.74) is 3.08. The first kappa shape index (κ1) is 9.97. The van der Waals surface area contributed by atoms with Crippen molar-refractivity contribution in [2.75, 3.05) is 0 Å². The fourth-order valence-corrected chi connectivity index (χ4v) is 2.12. The second kappa shape index (κ2) is 3.89. The van der Waals surface area contributed by atoms with Gasteiger partial charge in [-0.2, -0.15) is 0 Å². The number of benzene rings is 1. The molecular formula is C13H15NO. The molecule has 0 unspecified atom stereocenters. The molecule has 15 heavy (non-hydrogen) atoms. The largest absolute Gasteiger partial charge is 0.344 e. The molecule has 1 aromatic carbocycles. The van der Waals surface area contributed by atoms with Gasteiger partial charge >= 0.3 is 0 Å². The van der Waals surface area contributed by atoms with Gasteiger partial charge in [0.2, 0.25) is 0 Å². The zero-order chi connectivity index (χ0) is 10.8. The molecule has 0 atom stereocenters. The van der Waals surface area contributed by atoms with Crippen LogP contribution in [0, 0.1) is 6.92 Å². The van der Waals surface area contributed by atoms with Crippen molar-refractivity contribution in [2.24, 2.45) is 0 Å². The molecule has 2 nitrogen and oxygen atoms in total. The Morgan fingerprint density at radius 1 is 1.33 bits per heavy atom. The number of hydrogen-bond donors (Lipinski definition) is 0. The molecule has 0 aliphatic heterocycles. The van der Waals surface area contributed by atoms with Crippen LogP contribution in [0.15, 0.2) is 24.3 Å². The Bertz CT molecular complexity index is 496. The van der Waals surface area contributed by atoms with E-state index in [4.69, 9.17) is 0 Å². The van der Waals surface area contributed by atoms with Crippen LogP contribution in [0.5, 0.6) is 0 Å². The molecule has 0 N–H and O–H groups in total. The Balaban J connectivity index is 2.78. The summed E-state index contributed by atoms with van der Waals surface area (Å²) in [6, 6.07) is 8.08. The van der Waals surface area contributed by atoms with Crippen molar-refractivity contribution < 1.29 is 4.79 Å². The van der Waals surface area contributed by atoms with Crippen molar-refractivity contribution in [3.05, 3.63) is 35.5 Å². The van der Waals surface area contributed by atoms with Gasteiger partial charge in [-0.15, -0.1) is 0 Å². The first-order chi connectivity index (χ1) is 7.29. The van der Waals surface area contributed by atoms with E-state index in [0.717, 1.165) is 35.9 Å². The number of rotatable bonds is 3. The standard InChI is InChI=1S/C13H15NO/c1-3-8-14-10(2)12(9-15)11-6-4-5-7-13(11)14/h4-7,9H,3,8H2,1-2H3. The summed E-state index contributed by atoms with van der Waals surface area (Å²) >= 11 is 0. The first-order valence-corrected chi connectivity index (χ1v) is 5.32. The number of aromatic nitrogens is 1. The van der Waals surface area contributed by atoms with Gasteiger partial charge in [-0.05, 0) is 19.4 Å². The summed E-state index contributed by atoms with van der Waals surface area (Å²) < 4.78 is 2.22. The minimum Gasteiger partial charge on any atom is -0.344 e. The molecule has 0 bridgehead atoms. The van der Waals surface area contributed by atoms with Gasteiger partial charge in [-0.25, -0.2) is 0 Å². The number of nitrogens with zero attached hydrogens (tertiary/aromatic N) is 1. The van der Waals surface area contributed by atoms with Crippen LogP contribution in [0.4, 0.5) is 0 Å². The van der Waals surface area contributed by atoms with Crippen LogP contribution < -0.4 is 0 Å². The van der Waals surface area contributed by atoms with Gasteiger partial charge in [-0.3, -0.25) is 4.79 Å². The summed E-state index contributed by atoms with van der Waals surface area (Å²) in [4.78, 5) is 11.0. The number of aldehydes is 1. The highest BCUT2D eigenvalue weighted by atomic mass is 16.1. The van der Waals surface area contributed by atoms with Crippen molar-refractivity contribution in [1.82, 2.24) is 4.57 Å². The molecule has 2 aromatic rings. The highest BCUT2D eigenvalue weighted by Crippen LogP contribution is 2.24. The van der Waals surface area contributed by atoms with Crippen LogP contribution in [-0.4, -0.2) is 10.9 Å². The molecule has 2 rings (SSSR count). The predicted molar refractivity (Wildman–Crippen MR) is 62.4 cm³/mol. The van der Waals surface area contributed by atoms with E-state index in [1.54, 1.807) is 0 Å². The van der Waals surface area contributed by atoms with E-state index in [1.807, 2.05) is 25.1 Å². The minimum absolute atomic E-state index is 0.832. The van der Waals surface area contributed by atoms with Crippen molar-refractivity contribution in [3.8, 4) is 0 Å². The van der Waals surface area contributed by atoms with E-state index in [-0.39, 0.29) is 0 Å². The van der Waals surface area contributed by atoms with Gasteiger partial charge in [0.05, 0.1) is 0 Å². The van der Waals surface area contributed by atoms with Gasteiger partial charge < -0.3 is 4.57 Å². The first-order valence-electron chi connectivity index (χ1n) is 5.32. The van der Waals surface area contributed by atoms with Crippen LogP contribution in [-0.2, 0) is 6.54 Å². The lowest BCUT2D eigenvalue weighted by molar-refractivity contribution is 0.112. The van der Waals surface area contributed by atoms with Crippen LogP contribution in [0.25, 0.3) is 10.9 Å². The van der Waals surface area contributed by atoms with Crippen LogP contribution in [0.1, 0.15) is 29.4 Å². The van der Waals surface area contributed by atoms with Crippen molar-refractivity contribution >= 4 is 17.2 Å². The highest BCUT2D eigenvalue weighted by Gasteiger charge is 2.11. The van der Waals surface area contributed by atoms with Crippen LogP contribution in [0.2, 0.25) is 0 Å². The Morgan fingerprint density at radius 2 is 2.07 bits per heavy atom. The van der Waals surface area contributed by atoms with E-state index >= 15 is 0 Å². The second-order valence-electron chi connectivity index (χ2n) is 3.79. The number of hydrogen-bond acceptors (Lipinski definition) is 1. The topological polar surface area (TPSA) is 22.0 Å². The zero-order valence-electron chi connectivity index (χ0n) is 9.16. The zero-order valence-corrected chi connectivity index (χ0v) is 9.16. The number of aryl methyl sites for hydroxylation is 1. The lowest BCUT2D eigenvalue weighted by Crippen LogP contribution is -1.99. The average molecular weight is 201 g/mol. The molecule has 1 heterocycles. The average Bonchev–Trinajstić information content (AvgIpc) is 2.53. The third-order valence-electron chi connectivity index (χ3n) is 2.84. The fraction of sp³-hybridized carbons (Fsp3) is 0.308. The molecule has 0 aliphatic carbocycles. The molecule has 0 amide bonds. The maximum absolute atomic E-state index is 11.0. The summed E-state index contributed by atoms with van der Waals surface area (Å²) in [5.74, 6) is 0. The maximum atomic E-state index is 11.0. The summed E-state index contributed by atoms with van der Waals surface area (Å²) in [6.45, 7) is 5.13. The summed E-state index contributed by atoms with van der Waals surface area (Å²) in [5, 5.41) is 1.07. The van der Waals surface area contributed by atoms with E-state index in [1.165, 1.54) is 5.52 Å². The van der Waals surface area contributed by atoms with Gasteiger partial charge in [0.15, 0.2) is 6.29 Å². The molecule has 78 valence electrons. The van der Waals surface area contributed by atoms with Crippen LogP contribution in [0.3, 0.4) is 0 Å². The number of para-hydroxylation sites is 1. The molecular weight excluding hydrogens is 186 g/mol. The Kier molecular flexibility index (Phi) is 2.58. The molecule has 0 fully saturated rings. The SMILES string of the molecule is CCCn1c(C)c(C=O)c2ccccc21. The lowest BCUT2D eigenvalue weighted by Gasteiger charge is -2.05. The second-order valence-corrected chi connectivity index (χ2v) is 3.79. The molecule has 0 aliphatic rings. The van der Waals surface area contributed by atoms with E-state index < -0.39 is 0 Å². The molecule has 0 radical (unpaired) electrons. The minimum atomic E-state index is 0.832. The molecule has 0 saturated heterocycles. The van der Waals surface area contributed by atoms with Gasteiger partial charge in [-0.1, -0.05) is 25.1 Å². The van der Waals surface area contributed by atoms with Crippen LogP contribution >= 0.6 is 0 Å². The fourth-order valence-electron chi connectivity index (χ4n) is 2.12. The van der Waals surface area contributed by atoms with Gasteiger partial charge in [0.25, 0.3) is 0 Å². The quantitative estimate of drug-likeness (QED) is 0.699. The third kappa shape index (κ3) is 1.46. The smallest absolute Gasteiger partial charge is 0.152 e. The molecule has 2 heteroatoms. The van der Waals surface area contributed by atoms with Crippen molar-refractivity contribution in [3.63, 3.8) is 0 Å². The maximum Gasteiger partial charge on any atom is 0.152 e. The van der Waals surface area contributed by atoms with Gasteiger partial charge in [0.1, 0.15) is 0 Å². The van der Waals surface area contributed by atoms with Crippen molar-refractivity contribution in [2.45, 2.75) is 26.8 Å². The molecule has 1 aromatic heterocycles. The lowest BCUT2D eigenvalue weighted by atomic mass is 10.1. The van der Waals surface area contributed by atoms with Crippen molar-refractivity contribution in [1.29, 1.82) is 0 Å². The Hall–Kier alpha value is -1.57. The number of carbonyl (C=O) groups excluding carboxylic acids is 1. The normalized spacial score (nSPS) is 10.8. The summed E-state index contributed by atoms with van der Waals surface area (Å²) in [6.07, 6.45) is 2.04. The Morgan fingerprint density at radius 3 is 2.73 bits per heavy atom. The summed E-state index contributed by atoms with van der Waals surface area (Å²) in [7, 11) is 0. The Labute approximate surface area is 89.5 Å². The van der Waals surface area contributed by atoms with E-state index in [2.05, 4.69) is 17.6 Å². The monoisotopic (exact) mass is 201 g/mol.